The Morgan fingerprint density at radius 3 is 2.36 bits per heavy atom. The molecule has 9 nitrogen and oxygen atoms in total. The van der Waals surface area contributed by atoms with E-state index in [0.717, 1.165) is 5.56 Å². The molecule has 0 spiro atoms. The average Bonchev–Trinajstić information content (AvgIpc) is 3.35. The number of aromatic nitrogens is 2. The quantitative estimate of drug-likeness (QED) is 0.122. The molecule has 42 heavy (non-hydrogen) atoms. The summed E-state index contributed by atoms with van der Waals surface area (Å²) in [7, 11) is 1.92. The fourth-order valence-electron chi connectivity index (χ4n) is 5.03. The molecule has 0 aliphatic heterocycles. The first-order chi connectivity index (χ1) is 20.3. The monoisotopic (exact) mass is 568 g/mol. The minimum absolute atomic E-state index is 0.0475. The molecule has 5 rings (SSSR count). The van der Waals surface area contributed by atoms with Crippen molar-refractivity contribution >= 4 is 17.3 Å². The molecule has 0 N–H and O–H groups in total. The summed E-state index contributed by atoms with van der Waals surface area (Å²) in [5.74, 6) is -1.20. The van der Waals surface area contributed by atoms with Gasteiger partial charge >= 0.3 is 5.97 Å². The standard InChI is InChI=1S/C32H29FN4O5/c1-3-42-32(39)27-20-35(19-24-11-7-8-12-28(24)33)30-17-26(23-13-15-25(16-14-23)37(40)41)29(36(30)31(27)38)21-34(2)18-22-9-5-4-6-10-22/h4-17,20H,3,18-19,21H2,1-2H3. The summed E-state index contributed by atoms with van der Waals surface area (Å²) in [6.07, 6.45) is 1.40. The first-order valence-corrected chi connectivity index (χ1v) is 13.4. The number of rotatable bonds is 10. The number of benzene rings is 3. The van der Waals surface area contributed by atoms with E-state index < -0.39 is 22.3 Å². The van der Waals surface area contributed by atoms with Crippen LogP contribution in [0.15, 0.2) is 95.9 Å². The lowest BCUT2D eigenvalue weighted by atomic mass is 10.1. The second kappa shape index (κ2) is 12.2. The Balaban J connectivity index is 1.73. The van der Waals surface area contributed by atoms with Gasteiger partial charge in [-0.15, -0.1) is 0 Å². The SMILES string of the molecule is CCOC(=O)c1cn(Cc2ccccc2F)c2cc(-c3ccc([N+](=O)[O-])cc3)c(CN(C)Cc3ccccc3)n2c1=O. The lowest BCUT2D eigenvalue weighted by Crippen LogP contribution is -2.29. The normalized spacial score (nSPS) is 11.2. The molecule has 0 saturated heterocycles. The number of esters is 1. The predicted octanol–water partition coefficient (Wildman–Crippen LogP) is 5.67. The van der Waals surface area contributed by atoms with Crippen LogP contribution in [0.4, 0.5) is 10.1 Å². The Hall–Kier alpha value is -5.09. The van der Waals surface area contributed by atoms with Gasteiger partial charge in [0.05, 0.1) is 18.1 Å². The number of ether oxygens (including phenoxy) is 1. The Morgan fingerprint density at radius 2 is 1.69 bits per heavy atom. The van der Waals surface area contributed by atoms with Crippen molar-refractivity contribution in [2.75, 3.05) is 13.7 Å². The summed E-state index contributed by atoms with van der Waals surface area (Å²) in [6, 6.07) is 24.0. The third-order valence-electron chi connectivity index (χ3n) is 6.99. The molecular formula is C32H29FN4O5. The van der Waals surface area contributed by atoms with Crippen LogP contribution in [-0.4, -0.2) is 38.4 Å². The molecule has 0 radical (unpaired) electrons. The van der Waals surface area contributed by atoms with Crippen LogP contribution in [0.2, 0.25) is 0 Å². The summed E-state index contributed by atoms with van der Waals surface area (Å²) in [5, 5.41) is 11.3. The molecule has 5 aromatic rings. The fourth-order valence-corrected chi connectivity index (χ4v) is 5.03. The zero-order chi connectivity index (χ0) is 29.8. The fraction of sp³-hybridized carbons (Fsp3) is 0.188. The number of fused-ring (bicyclic) bond motifs is 1. The maximum atomic E-state index is 14.7. The zero-order valence-electron chi connectivity index (χ0n) is 23.2. The van der Waals surface area contributed by atoms with Crippen molar-refractivity contribution < 1.29 is 18.8 Å². The van der Waals surface area contributed by atoms with E-state index in [9.17, 15) is 24.1 Å². The van der Waals surface area contributed by atoms with E-state index in [-0.39, 0.29) is 24.4 Å². The molecule has 3 aromatic carbocycles. The Labute approximate surface area is 241 Å². The van der Waals surface area contributed by atoms with Crippen molar-refractivity contribution in [1.29, 1.82) is 0 Å². The average molecular weight is 569 g/mol. The number of halogens is 1. The first-order valence-electron chi connectivity index (χ1n) is 13.4. The Morgan fingerprint density at radius 1 is 1.00 bits per heavy atom. The van der Waals surface area contributed by atoms with Crippen molar-refractivity contribution in [3.63, 3.8) is 0 Å². The van der Waals surface area contributed by atoms with Crippen LogP contribution in [-0.2, 0) is 24.4 Å². The minimum atomic E-state index is -0.777. The van der Waals surface area contributed by atoms with Gasteiger partial charge in [0.1, 0.15) is 17.0 Å². The highest BCUT2D eigenvalue weighted by atomic mass is 19.1. The molecule has 0 fully saturated rings. The molecule has 10 heteroatoms. The van der Waals surface area contributed by atoms with E-state index in [0.29, 0.717) is 41.1 Å². The topological polar surface area (TPSA) is 99.1 Å². The van der Waals surface area contributed by atoms with Crippen LogP contribution in [0.3, 0.4) is 0 Å². The Bertz CT molecular complexity index is 1810. The lowest BCUT2D eigenvalue weighted by molar-refractivity contribution is -0.384. The smallest absolute Gasteiger partial charge is 0.345 e. The van der Waals surface area contributed by atoms with Gasteiger partial charge in [-0.25, -0.2) is 9.18 Å². The van der Waals surface area contributed by atoms with Gasteiger partial charge in [0, 0.05) is 48.2 Å². The molecule has 2 heterocycles. The van der Waals surface area contributed by atoms with Crippen molar-refractivity contribution in [3.05, 3.63) is 140 Å². The van der Waals surface area contributed by atoms with Crippen LogP contribution in [0.1, 0.15) is 34.1 Å². The van der Waals surface area contributed by atoms with Crippen molar-refractivity contribution in [2.45, 2.75) is 26.6 Å². The van der Waals surface area contributed by atoms with E-state index in [1.54, 1.807) is 47.9 Å². The third kappa shape index (κ3) is 5.84. The summed E-state index contributed by atoms with van der Waals surface area (Å²) in [5.41, 5.74) is 2.97. The number of carbonyl (C=O) groups is 1. The van der Waals surface area contributed by atoms with Gasteiger partial charge in [-0.3, -0.25) is 24.2 Å². The van der Waals surface area contributed by atoms with E-state index in [1.807, 2.05) is 42.3 Å². The van der Waals surface area contributed by atoms with Crippen LogP contribution >= 0.6 is 0 Å². The van der Waals surface area contributed by atoms with Gasteiger partial charge in [-0.05, 0) is 49.4 Å². The molecule has 2 aromatic heterocycles. The summed E-state index contributed by atoms with van der Waals surface area (Å²) < 4.78 is 23.0. The van der Waals surface area contributed by atoms with Gasteiger partial charge in [0.15, 0.2) is 0 Å². The molecule has 0 amide bonds. The first kappa shape index (κ1) is 28.4. The molecule has 0 atom stereocenters. The van der Waals surface area contributed by atoms with Gasteiger partial charge < -0.3 is 9.30 Å². The van der Waals surface area contributed by atoms with Crippen molar-refractivity contribution in [2.24, 2.45) is 0 Å². The third-order valence-corrected chi connectivity index (χ3v) is 6.99. The van der Waals surface area contributed by atoms with E-state index >= 15 is 0 Å². The molecular weight excluding hydrogens is 539 g/mol. The number of nitro benzene ring substituents is 1. The molecule has 0 aliphatic rings. The second-order valence-electron chi connectivity index (χ2n) is 9.95. The molecule has 0 aliphatic carbocycles. The molecule has 0 saturated carbocycles. The number of carbonyl (C=O) groups excluding carboxylic acids is 1. The van der Waals surface area contributed by atoms with Gasteiger partial charge in [0.25, 0.3) is 11.2 Å². The Kier molecular flexibility index (Phi) is 8.26. The highest BCUT2D eigenvalue weighted by Gasteiger charge is 2.24. The number of non-ortho nitro benzene ring substituents is 1. The summed E-state index contributed by atoms with van der Waals surface area (Å²) in [6.45, 7) is 2.66. The molecule has 0 bridgehead atoms. The number of nitro groups is 1. The van der Waals surface area contributed by atoms with Gasteiger partial charge in [0.2, 0.25) is 0 Å². The second-order valence-corrected chi connectivity index (χ2v) is 9.95. The maximum absolute atomic E-state index is 14.7. The van der Waals surface area contributed by atoms with Gasteiger partial charge in [-0.2, -0.15) is 0 Å². The largest absolute Gasteiger partial charge is 0.462 e. The molecule has 214 valence electrons. The minimum Gasteiger partial charge on any atom is -0.462 e. The van der Waals surface area contributed by atoms with E-state index in [1.165, 1.54) is 28.8 Å². The van der Waals surface area contributed by atoms with Gasteiger partial charge in [-0.1, -0.05) is 48.5 Å². The number of hydrogen-bond donors (Lipinski definition) is 0. The van der Waals surface area contributed by atoms with E-state index in [2.05, 4.69) is 0 Å². The zero-order valence-corrected chi connectivity index (χ0v) is 23.2. The van der Waals surface area contributed by atoms with Crippen molar-refractivity contribution in [3.8, 4) is 11.1 Å². The van der Waals surface area contributed by atoms with Crippen molar-refractivity contribution in [1.82, 2.24) is 13.9 Å². The lowest BCUT2D eigenvalue weighted by Gasteiger charge is -2.19. The van der Waals surface area contributed by atoms with Crippen LogP contribution in [0.5, 0.6) is 0 Å². The van der Waals surface area contributed by atoms with Crippen LogP contribution in [0, 0.1) is 15.9 Å². The maximum Gasteiger partial charge on any atom is 0.345 e. The number of nitrogens with zero attached hydrogens (tertiary/aromatic N) is 4. The summed E-state index contributed by atoms with van der Waals surface area (Å²) >= 11 is 0. The van der Waals surface area contributed by atoms with Crippen LogP contribution in [0.25, 0.3) is 16.8 Å². The number of hydrogen-bond acceptors (Lipinski definition) is 6. The highest BCUT2D eigenvalue weighted by molar-refractivity contribution is 5.89. The van der Waals surface area contributed by atoms with E-state index in [4.69, 9.17) is 4.74 Å². The summed E-state index contributed by atoms with van der Waals surface area (Å²) in [4.78, 5) is 39.7. The predicted molar refractivity (Wildman–Crippen MR) is 157 cm³/mol. The van der Waals surface area contributed by atoms with Crippen LogP contribution < -0.4 is 5.56 Å². The highest BCUT2D eigenvalue weighted by Crippen LogP contribution is 2.30. The molecule has 0 unspecified atom stereocenters.